The lowest BCUT2D eigenvalue weighted by molar-refractivity contribution is -0.118. The molecule has 0 unspecified atom stereocenters. The lowest BCUT2D eigenvalue weighted by atomic mass is 9.94. The molecule has 4 rings (SSSR count). The smallest absolute Gasteiger partial charge is 0.236 e. The largest absolute Gasteiger partial charge is 0.496 e. The van der Waals surface area contributed by atoms with Gasteiger partial charge in [-0.05, 0) is 42.2 Å². The molecule has 0 bridgehead atoms. The second kappa shape index (κ2) is 8.36. The Bertz CT molecular complexity index is 1060. The van der Waals surface area contributed by atoms with Crippen molar-refractivity contribution in [3.63, 3.8) is 0 Å². The molecule has 1 N–H and O–H groups in total. The number of anilines is 1. The summed E-state index contributed by atoms with van der Waals surface area (Å²) in [5.74, 6) is 2.09. The van der Waals surface area contributed by atoms with Crippen molar-refractivity contribution in [2.75, 3.05) is 26.6 Å². The predicted octanol–water partition coefficient (Wildman–Crippen LogP) is 4.43. The number of aromatic nitrogens is 1. The number of carbonyl (C=O) groups excluding carboxylic acids is 1. The predicted molar refractivity (Wildman–Crippen MR) is 117 cm³/mol. The number of carbonyl (C=O) groups is 1. The van der Waals surface area contributed by atoms with Crippen LogP contribution in [0.2, 0.25) is 0 Å². The maximum Gasteiger partial charge on any atom is 0.236 e. The summed E-state index contributed by atoms with van der Waals surface area (Å²) in [7, 11) is 4.86. The number of thiazole rings is 1. The fourth-order valence-corrected chi connectivity index (χ4v) is 4.44. The maximum atomic E-state index is 13.1. The zero-order valence-electron chi connectivity index (χ0n) is 17.2. The molecule has 3 aromatic rings. The summed E-state index contributed by atoms with van der Waals surface area (Å²) in [6, 6.07) is 13.6. The Morgan fingerprint density at radius 3 is 2.47 bits per heavy atom. The number of nitrogens with one attached hydrogen (secondary N) is 1. The molecule has 156 valence electrons. The van der Waals surface area contributed by atoms with Gasteiger partial charge in [0.05, 0.1) is 26.7 Å². The molecule has 1 fully saturated rings. The van der Waals surface area contributed by atoms with Crippen LogP contribution in [-0.2, 0) is 16.6 Å². The third-order valence-corrected chi connectivity index (χ3v) is 6.36. The highest BCUT2D eigenvalue weighted by atomic mass is 32.1. The van der Waals surface area contributed by atoms with Gasteiger partial charge in [-0.15, -0.1) is 11.3 Å². The van der Waals surface area contributed by atoms with Crippen molar-refractivity contribution in [2.45, 2.75) is 24.7 Å². The van der Waals surface area contributed by atoms with E-state index in [0.29, 0.717) is 23.1 Å². The number of amides is 1. The van der Waals surface area contributed by atoms with Gasteiger partial charge in [-0.2, -0.15) is 0 Å². The van der Waals surface area contributed by atoms with E-state index < -0.39 is 5.41 Å². The molecule has 30 heavy (non-hydrogen) atoms. The Morgan fingerprint density at radius 1 is 1.03 bits per heavy atom. The van der Waals surface area contributed by atoms with Gasteiger partial charge < -0.3 is 19.5 Å². The molecule has 0 atom stereocenters. The standard InChI is InChI=1S/C23H24N2O4S/c1-27-18-7-5-4-6-15(18)12-17-14-24-22(30-17)25-21(26)23(10-11-23)16-8-9-19(28-2)20(13-16)29-3/h4-9,13-14H,10-12H2,1-3H3,(H,24,25,26). The van der Waals surface area contributed by atoms with Crippen LogP contribution >= 0.6 is 11.3 Å². The third kappa shape index (κ3) is 3.85. The molecule has 1 saturated carbocycles. The highest BCUT2D eigenvalue weighted by Gasteiger charge is 2.51. The molecule has 0 aliphatic heterocycles. The van der Waals surface area contributed by atoms with Crippen LogP contribution in [0.5, 0.6) is 17.2 Å². The van der Waals surface area contributed by atoms with E-state index in [9.17, 15) is 4.79 Å². The number of nitrogens with zero attached hydrogens (tertiary/aromatic N) is 1. The summed E-state index contributed by atoms with van der Waals surface area (Å²) in [5.41, 5.74) is 1.49. The Morgan fingerprint density at radius 2 is 1.77 bits per heavy atom. The summed E-state index contributed by atoms with van der Waals surface area (Å²) in [5, 5.41) is 3.62. The quantitative estimate of drug-likeness (QED) is 0.579. The molecule has 1 aliphatic carbocycles. The summed E-state index contributed by atoms with van der Waals surface area (Å²) in [6.45, 7) is 0. The maximum absolute atomic E-state index is 13.1. The van der Waals surface area contributed by atoms with Gasteiger partial charge in [0.15, 0.2) is 16.6 Å². The van der Waals surface area contributed by atoms with Gasteiger partial charge >= 0.3 is 0 Å². The van der Waals surface area contributed by atoms with Crippen molar-refractivity contribution >= 4 is 22.4 Å². The van der Waals surface area contributed by atoms with E-state index in [1.807, 2.05) is 48.7 Å². The van der Waals surface area contributed by atoms with Crippen LogP contribution in [0.3, 0.4) is 0 Å². The van der Waals surface area contributed by atoms with Crippen molar-refractivity contribution in [3.8, 4) is 17.2 Å². The number of para-hydroxylation sites is 1. The molecule has 1 amide bonds. The first kappa shape index (κ1) is 20.2. The lowest BCUT2D eigenvalue weighted by Gasteiger charge is -2.17. The van der Waals surface area contributed by atoms with Crippen molar-refractivity contribution in [3.05, 3.63) is 64.7 Å². The first-order valence-corrected chi connectivity index (χ1v) is 10.5. The van der Waals surface area contributed by atoms with Crippen molar-refractivity contribution in [1.29, 1.82) is 0 Å². The van der Waals surface area contributed by atoms with Gasteiger partial charge in [0.2, 0.25) is 5.91 Å². The summed E-state index contributed by atoms with van der Waals surface area (Å²) >= 11 is 1.48. The zero-order valence-corrected chi connectivity index (χ0v) is 18.0. The minimum atomic E-state index is -0.534. The molecule has 1 heterocycles. The lowest BCUT2D eigenvalue weighted by Crippen LogP contribution is -2.27. The summed E-state index contributed by atoms with van der Waals surface area (Å²) < 4.78 is 16.1. The van der Waals surface area contributed by atoms with Gasteiger partial charge in [0.1, 0.15) is 5.75 Å². The van der Waals surface area contributed by atoms with Gasteiger partial charge in [-0.25, -0.2) is 4.98 Å². The highest BCUT2D eigenvalue weighted by molar-refractivity contribution is 7.15. The summed E-state index contributed by atoms with van der Waals surface area (Å²) in [6.07, 6.45) is 4.11. The van der Waals surface area contributed by atoms with Crippen LogP contribution in [0, 0.1) is 0 Å². The van der Waals surface area contributed by atoms with E-state index in [1.54, 1.807) is 21.3 Å². The first-order valence-electron chi connectivity index (χ1n) is 9.70. The molecule has 1 aliphatic rings. The number of benzene rings is 2. The summed E-state index contributed by atoms with van der Waals surface area (Å²) in [4.78, 5) is 18.5. The van der Waals surface area contributed by atoms with E-state index >= 15 is 0 Å². The van der Waals surface area contributed by atoms with E-state index in [0.717, 1.165) is 34.6 Å². The topological polar surface area (TPSA) is 69.7 Å². The van der Waals surface area contributed by atoms with Crippen LogP contribution in [0.4, 0.5) is 5.13 Å². The van der Waals surface area contributed by atoms with E-state index in [-0.39, 0.29) is 5.91 Å². The molecule has 0 spiro atoms. The van der Waals surface area contributed by atoms with Gasteiger partial charge in [-0.3, -0.25) is 4.79 Å². The van der Waals surface area contributed by atoms with Crippen molar-refractivity contribution in [2.24, 2.45) is 0 Å². The van der Waals surface area contributed by atoms with Gasteiger partial charge in [0.25, 0.3) is 0 Å². The molecule has 6 nitrogen and oxygen atoms in total. The minimum Gasteiger partial charge on any atom is -0.496 e. The normalized spacial score (nSPS) is 14.1. The highest BCUT2D eigenvalue weighted by Crippen LogP contribution is 2.50. The monoisotopic (exact) mass is 424 g/mol. The first-order chi connectivity index (χ1) is 14.6. The number of hydrogen-bond donors (Lipinski definition) is 1. The van der Waals surface area contributed by atoms with Crippen LogP contribution in [0.1, 0.15) is 28.8 Å². The van der Waals surface area contributed by atoms with Crippen LogP contribution in [-0.4, -0.2) is 32.2 Å². The fourth-order valence-electron chi connectivity index (χ4n) is 3.61. The van der Waals surface area contributed by atoms with E-state index in [2.05, 4.69) is 10.3 Å². The Labute approximate surface area is 179 Å². The molecule has 2 aromatic carbocycles. The van der Waals surface area contributed by atoms with Gasteiger partial charge in [-0.1, -0.05) is 24.3 Å². The molecule has 7 heteroatoms. The fraction of sp³-hybridized carbons (Fsp3) is 0.304. The Balaban J connectivity index is 1.48. The number of methoxy groups -OCH3 is 3. The molecule has 1 aromatic heterocycles. The molecule has 0 radical (unpaired) electrons. The molecular formula is C23H24N2O4S. The number of rotatable bonds is 8. The second-order valence-electron chi connectivity index (χ2n) is 7.23. The number of hydrogen-bond acceptors (Lipinski definition) is 6. The molecular weight excluding hydrogens is 400 g/mol. The van der Waals surface area contributed by atoms with Crippen LogP contribution in [0.15, 0.2) is 48.7 Å². The average Bonchev–Trinajstić information content (AvgIpc) is 3.49. The second-order valence-corrected chi connectivity index (χ2v) is 8.34. The SMILES string of the molecule is COc1ccccc1Cc1cnc(NC(=O)C2(c3ccc(OC)c(OC)c3)CC2)s1. The number of ether oxygens (including phenoxy) is 3. The van der Waals surface area contributed by atoms with Crippen LogP contribution < -0.4 is 19.5 Å². The third-order valence-electron chi connectivity index (χ3n) is 5.45. The Hall–Kier alpha value is -3.06. The minimum absolute atomic E-state index is 0.0343. The molecule has 0 saturated heterocycles. The van der Waals surface area contributed by atoms with Crippen molar-refractivity contribution in [1.82, 2.24) is 4.98 Å². The van der Waals surface area contributed by atoms with Crippen molar-refractivity contribution < 1.29 is 19.0 Å². The van der Waals surface area contributed by atoms with Crippen LogP contribution in [0.25, 0.3) is 0 Å². The zero-order chi connectivity index (χ0) is 21.1. The van der Waals surface area contributed by atoms with E-state index in [1.165, 1.54) is 11.3 Å². The van der Waals surface area contributed by atoms with E-state index in [4.69, 9.17) is 14.2 Å². The average molecular weight is 425 g/mol. The van der Waals surface area contributed by atoms with Gasteiger partial charge in [0, 0.05) is 17.5 Å². The Kier molecular flexibility index (Phi) is 5.63.